The standard InChI is InChI=1S/C36H51FN2O.C10H18O2.C8H16.C8H18.C4H10/c1-12-17-33(32(37)16-5)39-29(11)28(10)34(38-22-15-4)24-26(8)30-18-19-31(27(9)23-30)36(20-13-2,21-14-3)35(40)25(6)7;1-4-7(2)10(11)8-5-9(6-8)12-3;1-3-4-8-5-7(2)6-8;1-5-7-8(3,4)6-2;1-4(2)3/h12,16-19,22-25,39H,5,8,13-15,20-21H2,1-4,6-7,9-11H3;7-9H,4-6H2,1-3H3;7-8H,3-6H2,1-2H3;5-7H2,1-4H3;4H,1-3H3/b17-12-,29-28+,33-32-,34-24+,38-22?;;;;. The summed E-state index contributed by atoms with van der Waals surface area (Å²) in [6.07, 6.45) is 25.9. The van der Waals surface area contributed by atoms with Gasteiger partial charge in [0.05, 0.1) is 22.9 Å². The van der Waals surface area contributed by atoms with Crippen LogP contribution in [0.15, 0.2) is 89.1 Å². The van der Waals surface area contributed by atoms with Crippen molar-refractivity contribution in [1.29, 1.82) is 0 Å². The topological polar surface area (TPSA) is 67.8 Å². The van der Waals surface area contributed by atoms with Gasteiger partial charge in [0.25, 0.3) is 0 Å². The highest BCUT2D eigenvalue weighted by Crippen LogP contribution is 2.41. The van der Waals surface area contributed by atoms with Crippen molar-refractivity contribution < 1.29 is 18.7 Å². The number of benzene rings is 1. The summed E-state index contributed by atoms with van der Waals surface area (Å²) >= 11 is 0. The van der Waals surface area contributed by atoms with Crippen molar-refractivity contribution >= 4 is 23.4 Å². The van der Waals surface area contributed by atoms with Crippen LogP contribution in [0, 0.1) is 47.8 Å². The molecule has 1 N–H and O–H groups in total. The Morgan fingerprint density at radius 1 is 0.903 bits per heavy atom. The molecule has 2 aliphatic carbocycles. The summed E-state index contributed by atoms with van der Waals surface area (Å²) in [6.45, 7) is 50.4. The second-order valence-electron chi connectivity index (χ2n) is 22.7. The van der Waals surface area contributed by atoms with Crippen molar-refractivity contribution in [2.24, 2.45) is 45.9 Å². The number of carbonyl (C=O) groups excluding carboxylic acids is 2. The number of ketones is 2. The lowest BCUT2D eigenvalue weighted by Gasteiger charge is -2.36. The fraction of sp³-hybridized carbons (Fsp3) is 0.682. The minimum atomic E-state index is -0.463. The highest BCUT2D eigenvalue weighted by atomic mass is 19.1. The van der Waals surface area contributed by atoms with Gasteiger partial charge in [0.2, 0.25) is 0 Å². The number of aliphatic imine (C=N–C) groups is 1. The number of methoxy groups -OCH3 is 1. The van der Waals surface area contributed by atoms with Crippen LogP contribution >= 0.6 is 0 Å². The number of nitrogens with zero attached hydrogens (tertiary/aromatic N) is 1. The number of hydrogen-bond acceptors (Lipinski definition) is 5. The van der Waals surface area contributed by atoms with E-state index in [2.05, 4.69) is 127 Å². The van der Waals surface area contributed by atoms with Crippen molar-refractivity contribution in [3.05, 3.63) is 101 Å². The van der Waals surface area contributed by atoms with Crippen LogP contribution in [0.1, 0.15) is 245 Å². The maximum Gasteiger partial charge on any atom is 0.146 e. The van der Waals surface area contributed by atoms with Crippen molar-refractivity contribution in [3.63, 3.8) is 0 Å². The molecular weight excluding hydrogens is 888 g/mol. The first-order valence-electron chi connectivity index (χ1n) is 28.6. The van der Waals surface area contributed by atoms with E-state index in [1.165, 1.54) is 51.0 Å². The number of carbonyl (C=O) groups is 2. The molecule has 2 fully saturated rings. The fourth-order valence-corrected chi connectivity index (χ4v) is 9.37. The zero-order valence-corrected chi connectivity index (χ0v) is 50.7. The van der Waals surface area contributed by atoms with Gasteiger partial charge >= 0.3 is 0 Å². The van der Waals surface area contributed by atoms with E-state index in [1.54, 1.807) is 19.3 Å². The second kappa shape index (κ2) is 38.0. The Labute approximate surface area is 445 Å². The Morgan fingerprint density at radius 2 is 1.46 bits per heavy atom. The number of allylic oxidation sites excluding steroid dienone is 8. The summed E-state index contributed by atoms with van der Waals surface area (Å²) in [4.78, 5) is 29.9. The van der Waals surface area contributed by atoms with Gasteiger partial charge in [0.1, 0.15) is 17.4 Å². The molecule has 5 nitrogen and oxygen atoms in total. The summed E-state index contributed by atoms with van der Waals surface area (Å²) in [6, 6.07) is 6.35. The zero-order chi connectivity index (χ0) is 55.8. The van der Waals surface area contributed by atoms with Crippen LogP contribution in [-0.4, -0.2) is 31.0 Å². The minimum absolute atomic E-state index is 0.0243. The largest absolute Gasteiger partial charge is 0.381 e. The molecular formula is C66H113FN2O3. The van der Waals surface area contributed by atoms with E-state index in [0.29, 0.717) is 34.7 Å². The number of rotatable bonds is 25. The average molecular weight is 1000 g/mol. The van der Waals surface area contributed by atoms with E-state index in [-0.39, 0.29) is 11.8 Å². The number of nitrogens with one attached hydrogen (secondary N) is 1. The molecule has 0 saturated heterocycles. The molecule has 0 radical (unpaired) electrons. The summed E-state index contributed by atoms with van der Waals surface area (Å²) in [5.41, 5.74) is 6.91. The minimum Gasteiger partial charge on any atom is -0.381 e. The third-order valence-corrected chi connectivity index (χ3v) is 14.2. The van der Waals surface area contributed by atoms with Crippen LogP contribution < -0.4 is 5.32 Å². The van der Waals surface area contributed by atoms with Crippen molar-refractivity contribution in [2.75, 3.05) is 7.11 Å². The fourth-order valence-electron chi connectivity index (χ4n) is 9.37. The van der Waals surface area contributed by atoms with E-state index in [9.17, 15) is 14.0 Å². The van der Waals surface area contributed by atoms with Gasteiger partial charge < -0.3 is 10.1 Å². The predicted octanol–water partition coefficient (Wildman–Crippen LogP) is 20.0. The average Bonchev–Trinajstić information content (AvgIpc) is 3.31. The first kappa shape index (κ1) is 70.4. The predicted molar refractivity (Wildman–Crippen MR) is 317 cm³/mol. The molecule has 0 aliphatic heterocycles. The maximum atomic E-state index is 14.3. The molecule has 72 heavy (non-hydrogen) atoms. The lowest BCUT2D eigenvalue weighted by Crippen LogP contribution is -2.39. The zero-order valence-electron chi connectivity index (χ0n) is 50.7. The molecule has 0 aromatic heterocycles. The van der Waals surface area contributed by atoms with Gasteiger partial charge in [-0.2, -0.15) is 0 Å². The highest BCUT2D eigenvalue weighted by Gasteiger charge is 2.40. The summed E-state index contributed by atoms with van der Waals surface area (Å²) in [5.74, 6) is 3.84. The molecule has 1 unspecified atom stereocenters. The van der Waals surface area contributed by atoms with E-state index >= 15 is 0 Å². The maximum absolute atomic E-state index is 14.3. The number of hydrogen-bond donors (Lipinski definition) is 1. The molecule has 2 aliphatic rings. The molecule has 0 spiro atoms. The third-order valence-electron chi connectivity index (χ3n) is 14.2. The van der Waals surface area contributed by atoms with Crippen LogP contribution in [0.3, 0.4) is 0 Å². The molecule has 0 bridgehead atoms. The molecule has 3 rings (SSSR count). The van der Waals surface area contributed by atoms with Crippen LogP contribution in [0.5, 0.6) is 0 Å². The van der Waals surface area contributed by atoms with Gasteiger partial charge in [0, 0.05) is 36.8 Å². The van der Waals surface area contributed by atoms with Gasteiger partial charge in [-0.3, -0.25) is 14.6 Å². The van der Waals surface area contributed by atoms with Crippen LogP contribution in [-0.2, 0) is 19.7 Å². The molecule has 412 valence electrons. The number of ether oxygens (including phenoxy) is 1. The molecule has 1 atom stereocenters. The lowest BCUT2D eigenvalue weighted by molar-refractivity contribution is -0.134. The summed E-state index contributed by atoms with van der Waals surface area (Å²) in [7, 11) is 1.72. The SMILES string of the molecule is C=C/C(F)=C(\C=C/C)N/C(C)=C(C)/C(=C\C(=C)c1ccc(C(CCC)(CCC)C(=O)C(C)C)c(C)c1)N=CCC.CC(C)C.CCC(C)C(=O)C1CC(OC)C1.CCCC(C)(C)CC.CCCC1CC(C)C1. The van der Waals surface area contributed by atoms with E-state index in [4.69, 9.17) is 9.73 Å². The molecule has 6 heteroatoms. The lowest BCUT2D eigenvalue weighted by atomic mass is 9.66. The molecule has 1 aromatic rings. The summed E-state index contributed by atoms with van der Waals surface area (Å²) < 4.78 is 19.5. The normalized spacial score (nSPS) is 18.9. The van der Waals surface area contributed by atoms with Gasteiger partial charge in [-0.1, -0.05) is 187 Å². The number of aryl methyl sites for hydroxylation is 1. The first-order chi connectivity index (χ1) is 33.8. The van der Waals surface area contributed by atoms with Gasteiger partial charge in [-0.05, 0) is 155 Å². The van der Waals surface area contributed by atoms with E-state index in [0.717, 1.165) is 108 Å². The van der Waals surface area contributed by atoms with Gasteiger partial charge in [-0.25, -0.2) is 4.39 Å². The van der Waals surface area contributed by atoms with E-state index in [1.807, 2.05) is 60.8 Å². The quantitative estimate of drug-likeness (QED) is 0.0783. The molecule has 2 saturated carbocycles. The van der Waals surface area contributed by atoms with Crippen LogP contribution in [0.25, 0.3) is 5.57 Å². The number of halogens is 1. The Kier molecular flexibility index (Phi) is 37.2. The van der Waals surface area contributed by atoms with Crippen molar-refractivity contribution in [1.82, 2.24) is 5.32 Å². The third kappa shape index (κ3) is 26.0. The Balaban J connectivity index is 0. The van der Waals surface area contributed by atoms with Crippen molar-refractivity contribution in [3.8, 4) is 0 Å². The van der Waals surface area contributed by atoms with Gasteiger partial charge in [-0.15, -0.1) is 0 Å². The van der Waals surface area contributed by atoms with Gasteiger partial charge in [0.15, 0.2) is 0 Å². The van der Waals surface area contributed by atoms with Crippen molar-refractivity contribution in [2.45, 2.75) is 246 Å². The number of Topliss-reactive ketones (excluding diaryl/α,β-unsaturated/α-hetero) is 2. The Morgan fingerprint density at radius 3 is 1.85 bits per heavy atom. The smallest absolute Gasteiger partial charge is 0.146 e. The molecule has 0 heterocycles. The molecule has 1 aromatic carbocycles. The summed E-state index contributed by atoms with van der Waals surface area (Å²) in [5, 5.41) is 3.16. The second-order valence-corrected chi connectivity index (χ2v) is 22.7. The first-order valence-corrected chi connectivity index (χ1v) is 28.6. The van der Waals surface area contributed by atoms with Crippen LogP contribution in [0.4, 0.5) is 4.39 Å². The van der Waals surface area contributed by atoms with E-state index < -0.39 is 11.2 Å². The monoisotopic (exact) mass is 1000 g/mol. The Hall–Kier alpha value is -3.64. The highest BCUT2D eigenvalue weighted by molar-refractivity contribution is 5.92. The molecule has 0 amide bonds. The Bertz CT molecular complexity index is 1870. The van der Waals surface area contributed by atoms with Crippen LogP contribution in [0.2, 0.25) is 0 Å².